The van der Waals surface area contributed by atoms with E-state index in [1.807, 2.05) is 42.5 Å². The summed E-state index contributed by atoms with van der Waals surface area (Å²) in [6.07, 6.45) is 0.131. The van der Waals surface area contributed by atoms with E-state index in [0.717, 1.165) is 34.1 Å². The molecule has 1 N–H and O–H groups in total. The van der Waals surface area contributed by atoms with Gasteiger partial charge in [0.2, 0.25) is 0 Å². The molecule has 0 bridgehead atoms. The van der Waals surface area contributed by atoms with E-state index in [2.05, 4.69) is 24.3 Å². The number of hydrogen-bond acceptors (Lipinski definition) is 3. The maximum Gasteiger partial charge on any atom is 0.407 e. The topological polar surface area (TPSA) is 59.0 Å². The predicted octanol–water partition coefficient (Wildman–Crippen LogP) is 6.65. The van der Waals surface area contributed by atoms with Crippen molar-refractivity contribution in [1.82, 2.24) is 4.90 Å². The summed E-state index contributed by atoms with van der Waals surface area (Å²) in [6.45, 7) is 1.56. The number of nitrogens with zero attached hydrogens (tertiary/aromatic N) is 1. The molecule has 2 unspecified atom stereocenters. The van der Waals surface area contributed by atoms with E-state index in [4.69, 9.17) is 9.47 Å². The summed E-state index contributed by atoms with van der Waals surface area (Å²) in [5.41, 5.74) is 3.14. The van der Waals surface area contributed by atoms with Gasteiger partial charge < -0.3 is 19.5 Å². The van der Waals surface area contributed by atoms with Crippen molar-refractivity contribution in [3.63, 3.8) is 0 Å². The van der Waals surface area contributed by atoms with Gasteiger partial charge >= 0.3 is 6.09 Å². The Morgan fingerprint density at radius 3 is 2.49 bits per heavy atom. The lowest BCUT2D eigenvalue weighted by atomic mass is 9.87. The summed E-state index contributed by atoms with van der Waals surface area (Å²) in [5, 5.41) is 11.7. The van der Waals surface area contributed by atoms with Crippen molar-refractivity contribution in [2.75, 3.05) is 19.7 Å². The Morgan fingerprint density at radius 2 is 1.70 bits per heavy atom. The standard InChI is InChI=1S/C31H30FNO4/c32-26-12-10-24(11-13-26)28-14-16-33(31(34)35)20-30(28)37-21-23-18-25-8-4-5-9-27(25)29(19-23)36-17-15-22-6-2-1-3-7-22/h1-13,18-19,28,30H,14-17,20-21H2,(H,34,35). The molecule has 37 heavy (non-hydrogen) atoms. The predicted molar refractivity (Wildman–Crippen MR) is 142 cm³/mol. The number of hydrogen-bond donors (Lipinski definition) is 1. The summed E-state index contributed by atoms with van der Waals surface area (Å²) in [6, 6.07) is 28.9. The molecule has 0 radical (unpaired) electrons. The Hall–Kier alpha value is -3.90. The van der Waals surface area contributed by atoms with Crippen LogP contribution in [0.15, 0.2) is 91.0 Å². The van der Waals surface area contributed by atoms with Gasteiger partial charge in [0.1, 0.15) is 11.6 Å². The quantitative estimate of drug-likeness (QED) is 0.295. The molecular formula is C31H30FNO4. The van der Waals surface area contributed by atoms with Crippen LogP contribution in [-0.4, -0.2) is 41.9 Å². The highest BCUT2D eigenvalue weighted by molar-refractivity contribution is 5.89. The third-order valence-electron chi connectivity index (χ3n) is 6.97. The SMILES string of the molecule is O=C(O)N1CCC(c2ccc(F)cc2)C(OCc2cc(OCCc3ccccc3)c3ccccc3c2)C1. The maximum atomic E-state index is 13.5. The Kier molecular flexibility index (Phi) is 7.66. The van der Waals surface area contributed by atoms with Crippen LogP contribution in [0.5, 0.6) is 5.75 Å². The van der Waals surface area contributed by atoms with Crippen molar-refractivity contribution in [1.29, 1.82) is 0 Å². The van der Waals surface area contributed by atoms with E-state index < -0.39 is 6.09 Å². The minimum Gasteiger partial charge on any atom is -0.493 e. The van der Waals surface area contributed by atoms with Gasteiger partial charge in [0.15, 0.2) is 0 Å². The third-order valence-corrected chi connectivity index (χ3v) is 6.97. The van der Waals surface area contributed by atoms with E-state index >= 15 is 0 Å². The second-order valence-electron chi connectivity index (χ2n) is 9.42. The highest BCUT2D eigenvalue weighted by Crippen LogP contribution is 2.33. The molecule has 4 aromatic carbocycles. The highest BCUT2D eigenvalue weighted by Gasteiger charge is 2.33. The molecule has 4 aromatic rings. The number of fused-ring (bicyclic) bond motifs is 1. The molecule has 1 saturated heterocycles. The largest absolute Gasteiger partial charge is 0.493 e. The minimum atomic E-state index is -0.953. The smallest absolute Gasteiger partial charge is 0.407 e. The summed E-state index contributed by atoms with van der Waals surface area (Å²) in [5.74, 6) is 0.497. The second kappa shape index (κ2) is 11.4. The molecule has 190 valence electrons. The summed E-state index contributed by atoms with van der Waals surface area (Å²) >= 11 is 0. The van der Waals surface area contributed by atoms with Crippen molar-refractivity contribution < 1.29 is 23.8 Å². The number of likely N-dealkylation sites (tertiary alicyclic amines) is 1. The first kappa shape index (κ1) is 24.8. The molecule has 1 heterocycles. The molecule has 0 saturated carbocycles. The van der Waals surface area contributed by atoms with Crippen LogP contribution >= 0.6 is 0 Å². The Labute approximate surface area is 216 Å². The van der Waals surface area contributed by atoms with Crippen LogP contribution in [0.1, 0.15) is 29.0 Å². The lowest BCUT2D eigenvalue weighted by Crippen LogP contribution is -2.46. The number of ether oxygens (including phenoxy) is 2. The minimum absolute atomic E-state index is 0.0155. The molecule has 5 rings (SSSR count). The summed E-state index contributed by atoms with van der Waals surface area (Å²) < 4.78 is 26.1. The van der Waals surface area contributed by atoms with Crippen LogP contribution in [0.3, 0.4) is 0 Å². The number of carboxylic acid groups (broad SMARTS) is 1. The second-order valence-corrected chi connectivity index (χ2v) is 9.42. The molecule has 1 fully saturated rings. The molecule has 0 aromatic heterocycles. The fourth-order valence-corrected chi connectivity index (χ4v) is 5.01. The normalized spacial score (nSPS) is 17.6. The first-order valence-electron chi connectivity index (χ1n) is 12.6. The molecule has 5 nitrogen and oxygen atoms in total. The van der Waals surface area contributed by atoms with Crippen molar-refractivity contribution in [2.45, 2.75) is 31.5 Å². The zero-order valence-electron chi connectivity index (χ0n) is 20.6. The maximum absolute atomic E-state index is 13.5. The van der Waals surface area contributed by atoms with E-state index in [1.54, 1.807) is 12.1 Å². The molecule has 0 spiro atoms. The monoisotopic (exact) mass is 499 g/mol. The van der Waals surface area contributed by atoms with E-state index in [9.17, 15) is 14.3 Å². The molecule has 0 aliphatic carbocycles. The van der Waals surface area contributed by atoms with Gasteiger partial charge in [0.05, 0.1) is 25.9 Å². The van der Waals surface area contributed by atoms with Crippen LogP contribution in [0.4, 0.5) is 9.18 Å². The van der Waals surface area contributed by atoms with Crippen LogP contribution in [0.2, 0.25) is 0 Å². The van der Waals surface area contributed by atoms with Crippen molar-refractivity contribution in [2.24, 2.45) is 0 Å². The molecule has 2 atom stereocenters. The number of rotatable bonds is 8. The highest BCUT2D eigenvalue weighted by atomic mass is 19.1. The number of carbonyl (C=O) groups is 1. The van der Waals surface area contributed by atoms with Gasteiger partial charge in [0.25, 0.3) is 0 Å². The van der Waals surface area contributed by atoms with Gasteiger partial charge in [-0.25, -0.2) is 9.18 Å². The molecule has 1 aliphatic heterocycles. The first-order chi connectivity index (χ1) is 18.1. The fraction of sp³-hybridized carbons (Fsp3) is 0.258. The Bertz CT molecular complexity index is 1340. The molecule has 6 heteroatoms. The van der Waals surface area contributed by atoms with E-state index in [0.29, 0.717) is 26.2 Å². The Balaban J connectivity index is 1.33. The van der Waals surface area contributed by atoms with Gasteiger partial charge in [-0.15, -0.1) is 0 Å². The van der Waals surface area contributed by atoms with Gasteiger partial charge in [-0.05, 0) is 52.8 Å². The third kappa shape index (κ3) is 6.09. The summed E-state index contributed by atoms with van der Waals surface area (Å²) in [4.78, 5) is 13.1. The average Bonchev–Trinajstić information content (AvgIpc) is 2.93. The zero-order chi connectivity index (χ0) is 25.6. The van der Waals surface area contributed by atoms with E-state index in [1.165, 1.54) is 22.6 Å². The van der Waals surface area contributed by atoms with Crippen LogP contribution < -0.4 is 4.74 Å². The van der Waals surface area contributed by atoms with Gasteiger partial charge in [-0.1, -0.05) is 66.7 Å². The number of piperidine rings is 1. The van der Waals surface area contributed by atoms with E-state index in [-0.39, 0.29) is 24.4 Å². The fourth-order valence-electron chi connectivity index (χ4n) is 5.01. The average molecular weight is 500 g/mol. The van der Waals surface area contributed by atoms with Gasteiger partial charge in [-0.3, -0.25) is 0 Å². The molecular weight excluding hydrogens is 469 g/mol. The van der Waals surface area contributed by atoms with Crippen LogP contribution in [-0.2, 0) is 17.8 Å². The van der Waals surface area contributed by atoms with Gasteiger partial charge in [-0.2, -0.15) is 0 Å². The Morgan fingerprint density at radius 1 is 0.946 bits per heavy atom. The lowest BCUT2D eigenvalue weighted by molar-refractivity contribution is -0.0199. The van der Waals surface area contributed by atoms with Crippen molar-refractivity contribution in [3.8, 4) is 5.75 Å². The van der Waals surface area contributed by atoms with Crippen LogP contribution in [0, 0.1) is 5.82 Å². The number of benzene rings is 4. The number of halogens is 1. The lowest BCUT2D eigenvalue weighted by Gasteiger charge is -2.37. The van der Waals surface area contributed by atoms with Crippen molar-refractivity contribution in [3.05, 3.63) is 114 Å². The summed E-state index contributed by atoms with van der Waals surface area (Å²) in [7, 11) is 0. The molecule has 1 aliphatic rings. The van der Waals surface area contributed by atoms with Crippen LogP contribution in [0.25, 0.3) is 10.8 Å². The zero-order valence-corrected chi connectivity index (χ0v) is 20.6. The molecule has 1 amide bonds. The number of amides is 1. The van der Waals surface area contributed by atoms with Crippen molar-refractivity contribution >= 4 is 16.9 Å². The van der Waals surface area contributed by atoms with Gasteiger partial charge in [0, 0.05) is 24.3 Å². The first-order valence-corrected chi connectivity index (χ1v) is 12.6.